The summed E-state index contributed by atoms with van der Waals surface area (Å²) >= 11 is 0. The number of hydrogen-bond donors (Lipinski definition) is 0. The molecule has 1 heterocycles. The maximum absolute atomic E-state index is 12.5. The second kappa shape index (κ2) is 11.5. The predicted molar refractivity (Wildman–Crippen MR) is 138 cm³/mol. The number of esters is 2. The number of rotatable bonds is 9. The average Bonchev–Trinajstić information content (AvgIpc) is 3.33. The van der Waals surface area contributed by atoms with Crippen molar-refractivity contribution in [2.75, 3.05) is 18.1 Å². The lowest BCUT2D eigenvalue weighted by molar-refractivity contribution is -0.385. The molecule has 1 atom stereocenters. The number of ketones is 1. The van der Waals surface area contributed by atoms with Gasteiger partial charge in [0, 0.05) is 42.3 Å². The zero-order chi connectivity index (χ0) is 29.0. The summed E-state index contributed by atoms with van der Waals surface area (Å²) in [6.07, 6.45) is -0.163. The van der Waals surface area contributed by atoms with Gasteiger partial charge in [0.15, 0.2) is 12.4 Å². The van der Waals surface area contributed by atoms with Crippen LogP contribution in [0.3, 0.4) is 0 Å². The molecule has 1 saturated heterocycles. The van der Waals surface area contributed by atoms with Crippen molar-refractivity contribution in [3.8, 4) is 5.75 Å². The van der Waals surface area contributed by atoms with Gasteiger partial charge in [0.2, 0.25) is 5.91 Å². The van der Waals surface area contributed by atoms with Crippen LogP contribution >= 0.6 is 0 Å². The Kier molecular flexibility index (Phi) is 7.94. The van der Waals surface area contributed by atoms with Crippen LogP contribution in [0.5, 0.6) is 5.75 Å². The summed E-state index contributed by atoms with van der Waals surface area (Å²) in [5.74, 6) is -3.15. The maximum atomic E-state index is 12.5. The van der Waals surface area contributed by atoms with E-state index < -0.39 is 46.0 Å². The average molecular weight is 547 g/mol. The van der Waals surface area contributed by atoms with Crippen molar-refractivity contribution in [3.05, 3.63) is 104 Å². The van der Waals surface area contributed by atoms with Gasteiger partial charge in [-0.3, -0.25) is 34.6 Å². The third kappa shape index (κ3) is 6.15. The van der Waals surface area contributed by atoms with Crippen molar-refractivity contribution in [2.24, 2.45) is 5.92 Å². The number of non-ortho nitro benzene ring substituents is 1. The highest BCUT2D eigenvalue weighted by Crippen LogP contribution is 2.30. The third-order valence-electron chi connectivity index (χ3n) is 6.21. The monoisotopic (exact) mass is 547 g/mol. The summed E-state index contributed by atoms with van der Waals surface area (Å²) in [5, 5.41) is 21.9. The molecule has 0 unspecified atom stereocenters. The number of Topliss-reactive ketones (excluding diaryl/α,β-unsaturated/α-hetero) is 1. The highest BCUT2D eigenvalue weighted by molar-refractivity contribution is 6.01. The number of amides is 1. The lowest BCUT2D eigenvalue weighted by atomic mass is 10.1. The van der Waals surface area contributed by atoms with E-state index in [1.165, 1.54) is 65.6 Å². The molecule has 0 saturated carbocycles. The standard InChI is InChI=1S/C27H21N3O10/c1-16-2-7-21(13-23(16)30(37)38)28-14-19(12-25(28)32)26(33)39-15-24(31)17-5-10-22(11-6-17)40-27(34)18-3-8-20(9-4-18)29(35)36/h2-11,13,19H,12,14-15H2,1H3/t19-/m0/s1. The number of anilines is 1. The first-order valence-electron chi connectivity index (χ1n) is 11.9. The second-order valence-corrected chi connectivity index (χ2v) is 8.88. The number of ether oxygens (including phenoxy) is 2. The van der Waals surface area contributed by atoms with Crippen LogP contribution in [0.25, 0.3) is 0 Å². The van der Waals surface area contributed by atoms with Crippen molar-refractivity contribution >= 4 is 40.7 Å². The topological polar surface area (TPSA) is 176 Å². The van der Waals surface area contributed by atoms with Crippen LogP contribution in [0.1, 0.15) is 32.7 Å². The molecular weight excluding hydrogens is 526 g/mol. The number of nitro benzene ring substituents is 2. The molecule has 1 aliphatic heterocycles. The highest BCUT2D eigenvalue weighted by atomic mass is 16.6. The molecule has 0 bridgehead atoms. The molecule has 3 aromatic carbocycles. The Labute approximate surface area is 226 Å². The molecule has 13 nitrogen and oxygen atoms in total. The summed E-state index contributed by atoms with van der Waals surface area (Å²) < 4.78 is 10.3. The first-order chi connectivity index (χ1) is 19.0. The summed E-state index contributed by atoms with van der Waals surface area (Å²) in [7, 11) is 0. The number of aryl methyl sites for hydroxylation is 1. The van der Waals surface area contributed by atoms with Gasteiger partial charge in [-0.05, 0) is 49.4 Å². The molecular formula is C27H21N3O10. The van der Waals surface area contributed by atoms with Gasteiger partial charge in [0.25, 0.3) is 11.4 Å². The normalized spacial score (nSPS) is 14.5. The van der Waals surface area contributed by atoms with Gasteiger partial charge in [-0.1, -0.05) is 6.07 Å². The van der Waals surface area contributed by atoms with Crippen molar-refractivity contribution in [1.82, 2.24) is 0 Å². The number of carbonyl (C=O) groups excluding carboxylic acids is 4. The van der Waals surface area contributed by atoms with E-state index >= 15 is 0 Å². The van der Waals surface area contributed by atoms with E-state index in [4.69, 9.17) is 9.47 Å². The fourth-order valence-electron chi connectivity index (χ4n) is 4.01. The summed E-state index contributed by atoms with van der Waals surface area (Å²) in [6.45, 7) is 0.954. The molecule has 4 rings (SSSR count). The molecule has 0 aliphatic carbocycles. The van der Waals surface area contributed by atoms with E-state index in [1.807, 2.05) is 0 Å². The molecule has 13 heteroatoms. The Bertz CT molecular complexity index is 1520. The summed E-state index contributed by atoms with van der Waals surface area (Å²) in [4.78, 5) is 71.8. The molecule has 204 valence electrons. The van der Waals surface area contributed by atoms with Gasteiger partial charge in [0.1, 0.15) is 5.75 Å². The van der Waals surface area contributed by atoms with E-state index in [-0.39, 0.29) is 41.2 Å². The minimum Gasteiger partial charge on any atom is -0.457 e. The van der Waals surface area contributed by atoms with Crippen LogP contribution in [-0.2, 0) is 14.3 Å². The van der Waals surface area contributed by atoms with E-state index in [2.05, 4.69) is 0 Å². The van der Waals surface area contributed by atoms with E-state index in [0.717, 1.165) is 0 Å². The van der Waals surface area contributed by atoms with Gasteiger partial charge in [-0.25, -0.2) is 4.79 Å². The quantitative estimate of drug-likeness (QED) is 0.126. The summed E-state index contributed by atoms with van der Waals surface area (Å²) in [5.41, 5.74) is 0.693. The fraction of sp³-hybridized carbons (Fsp3) is 0.185. The number of hydrogen-bond acceptors (Lipinski definition) is 10. The first-order valence-corrected chi connectivity index (χ1v) is 11.9. The van der Waals surface area contributed by atoms with Gasteiger partial charge in [0.05, 0.1) is 27.0 Å². The van der Waals surface area contributed by atoms with E-state index in [1.54, 1.807) is 13.0 Å². The van der Waals surface area contributed by atoms with Crippen LogP contribution in [0.15, 0.2) is 66.7 Å². The molecule has 40 heavy (non-hydrogen) atoms. The Hall–Kier alpha value is -5.46. The predicted octanol–water partition coefficient (Wildman–Crippen LogP) is 3.81. The molecule has 0 N–H and O–H groups in total. The van der Waals surface area contributed by atoms with Crippen molar-refractivity contribution in [2.45, 2.75) is 13.3 Å². The number of benzene rings is 3. The Morgan fingerprint density at radius 3 is 2.20 bits per heavy atom. The minimum atomic E-state index is -0.845. The van der Waals surface area contributed by atoms with Crippen LogP contribution in [-0.4, -0.2) is 46.6 Å². The van der Waals surface area contributed by atoms with Crippen LogP contribution in [0.4, 0.5) is 17.1 Å². The lowest BCUT2D eigenvalue weighted by Gasteiger charge is -2.16. The number of carbonyl (C=O) groups is 4. The Balaban J connectivity index is 1.30. The zero-order valence-electron chi connectivity index (χ0n) is 21.0. The van der Waals surface area contributed by atoms with E-state index in [0.29, 0.717) is 11.3 Å². The van der Waals surface area contributed by atoms with Crippen molar-refractivity contribution in [1.29, 1.82) is 0 Å². The minimum absolute atomic E-state index is 0.0408. The smallest absolute Gasteiger partial charge is 0.343 e. The van der Waals surface area contributed by atoms with Gasteiger partial charge < -0.3 is 14.4 Å². The molecule has 0 radical (unpaired) electrons. The molecule has 3 aromatic rings. The van der Waals surface area contributed by atoms with Crippen LogP contribution in [0.2, 0.25) is 0 Å². The number of nitro groups is 2. The van der Waals surface area contributed by atoms with Gasteiger partial charge >= 0.3 is 11.9 Å². The first kappa shape index (κ1) is 27.6. The largest absolute Gasteiger partial charge is 0.457 e. The molecule has 1 fully saturated rings. The zero-order valence-corrected chi connectivity index (χ0v) is 21.0. The Morgan fingerprint density at radius 1 is 0.925 bits per heavy atom. The SMILES string of the molecule is Cc1ccc(N2C[C@@H](C(=O)OCC(=O)c3ccc(OC(=O)c4ccc([N+](=O)[O-])cc4)cc3)CC2=O)cc1[N+](=O)[O-]. The van der Waals surface area contributed by atoms with Crippen LogP contribution < -0.4 is 9.64 Å². The highest BCUT2D eigenvalue weighted by Gasteiger charge is 2.37. The van der Waals surface area contributed by atoms with E-state index in [9.17, 15) is 39.4 Å². The summed E-state index contributed by atoms with van der Waals surface area (Å²) in [6, 6.07) is 14.7. The lowest BCUT2D eigenvalue weighted by Crippen LogP contribution is -2.27. The van der Waals surface area contributed by atoms with Crippen LogP contribution in [0, 0.1) is 33.1 Å². The van der Waals surface area contributed by atoms with Gasteiger partial charge in [-0.15, -0.1) is 0 Å². The second-order valence-electron chi connectivity index (χ2n) is 8.88. The molecule has 0 spiro atoms. The molecule has 0 aromatic heterocycles. The van der Waals surface area contributed by atoms with Crippen molar-refractivity contribution < 1.29 is 38.5 Å². The van der Waals surface area contributed by atoms with Gasteiger partial charge in [-0.2, -0.15) is 0 Å². The molecule has 1 aliphatic rings. The Morgan fingerprint density at radius 2 is 1.57 bits per heavy atom. The number of nitrogens with zero attached hydrogens (tertiary/aromatic N) is 3. The van der Waals surface area contributed by atoms with Crippen molar-refractivity contribution in [3.63, 3.8) is 0 Å². The fourth-order valence-corrected chi connectivity index (χ4v) is 4.01. The maximum Gasteiger partial charge on any atom is 0.343 e. The molecule has 1 amide bonds. The third-order valence-corrected chi connectivity index (χ3v) is 6.21.